The molecule has 0 saturated carbocycles. The SMILES string of the molecule is CCCCOc1ccc(-c2nnc(SCC(=O)Nc3ccc(C(C)C)cc3)n2CC)cc1. The lowest BCUT2D eigenvalue weighted by molar-refractivity contribution is -0.113. The van der Waals surface area contributed by atoms with Gasteiger partial charge in [-0.05, 0) is 61.2 Å². The van der Waals surface area contributed by atoms with Crippen LogP contribution in [0.3, 0.4) is 0 Å². The maximum Gasteiger partial charge on any atom is 0.234 e. The van der Waals surface area contributed by atoms with E-state index in [1.807, 2.05) is 53.1 Å². The summed E-state index contributed by atoms with van der Waals surface area (Å²) in [4.78, 5) is 12.4. The third-order valence-electron chi connectivity index (χ3n) is 5.11. The van der Waals surface area contributed by atoms with Crippen molar-refractivity contribution in [2.45, 2.75) is 58.2 Å². The van der Waals surface area contributed by atoms with Crippen molar-refractivity contribution in [1.29, 1.82) is 0 Å². The van der Waals surface area contributed by atoms with E-state index in [9.17, 15) is 4.79 Å². The van der Waals surface area contributed by atoms with Gasteiger partial charge in [0.1, 0.15) is 5.75 Å². The third-order valence-corrected chi connectivity index (χ3v) is 6.07. The fourth-order valence-electron chi connectivity index (χ4n) is 3.21. The zero-order valence-electron chi connectivity index (χ0n) is 19.3. The number of rotatable bonds is 11. The minimum Gasteiger partial charge on any atom is -0.494 e. The highest BCUT2D eigenvalue weighted by Gasteiger charge is 2.15. The van der Waals surface area contributed by atoms with E-state index in [-0.39, 0.29) is 11.7 Å². The zero-order chi connectivity index (χ0) is 22.9. The van der Waals surface area contributed by atoms with Crippen LogP contribution in [0.5, 0.6) is 5.75 Å². The minimum atomic E-state index is -0.0620. The number of amides is 1. The molecule has 0 saturated heterocycles. The Morgan fingerprint density at radius 1 is 1.06 bits per heavy atom. The summed E-state index contributed by atoms with van der Waals surface area (Å²) < 4.78 is 7.77. The van der Waals surface area contributed by atoms with Gasteiger partial charge in [0, 0.05) is 17.8 Å². The Kier molecular flexibility index (Phi) is 8.73. The number of unbranched alkanes of at least 4 members (excludes halogenated alkanes) is 1. The first-order valence-electron chi connectivity index (χ1n) is 11.2. The van der Waals surface area contributed by atoms with Crippen molar-refractivity contribution in [2.75, 3.05) is 17.7 Å². The summed E-state index contributed by atoms with van der Waals surface area (Å²) in [5.41, 5.74) is 3.03. The highest BCUT2D eigenvalue weighted by Crippen LogP contribution is 2.26. The second-order valence-electron chi connectivity index (χ2n) is 7.89. The monoisotopic (exact) mass is 452 g/mol. The third kappa shape index (κ3) is 6.36. The van der Waals surface area contributed by atoms with Gasteiger partial charge < -0.3 is 14.6 Å². The largest absolute Gasteiger partial charge is 0.494 e. The lowest BCUT2D eigenvalue weighted by Gasteiger charge is -2.10. The number of ether oxygens (including phenoxy) is 1. The average Bonchev–Trinajstić information content (AvgIpc) is 3.21. The molecule has 0 aliphatic carbocycles. The second kappa shape index (κ2) is 11.7. The molecule has 1 aromatic heterocycles. The molecular weight excluding hydrogens is 420 g/mol. The van der Waals surface area contributed by atoms with Crippen LogP contribution in [0, 0.1) is 0 Å². The number of nitrogens with zero attached hydrogens (tertiary/aromatic N) is 3. The number of anilines is 1. The van der Waals surface area contributed by atoms with Crippen LogP contribution in [0.2, 0.25) is 0 Å². The Morgan fingerprint density at radius 3 is 2.41 bits per heavy atom. The predicted octanol–water partition coefficient (Wildman–Crippen LogP) is 6.00. The molecule has 0 aliphatic rings. The van der Waals surface area contributed by atoms with E-state index in [0.717, 1.165) is 54.0 Å². The van der Waals surface area contributed by atoms with Gasteiger partial charge in [-0.25, -0.2) is 0 Å². The Labute approximate surface area is 194 Å². The molecule has 0 aliphatic heterocycles. The van der Waals surface area contributed by atoms with E-state index >= 15 is 0 Å². The molecule has 3 aromatic rings. The molecule has 6 nitrogen and oxygen atoms in total. The molecule has 0 bridgehead atoms. The van der Waals surface area contributed by atoms with Crippen molar-refractivity contribution in [3.63, 3.8) is 0 Å². The van der Waals surface area contributed by atoms with Gasteiger partial charge >= 0.3 is 0 Å². The quantitative estimate of drug-likeness (QED) is 0.285. The molecule has 0 radical (unpaired) electrons. The standard InChI is InChI=1S/C25H32N4O2S/c1-5-7-16-31-22-14-10-20(11-15-22)24-27-28-25(29(24)6-2)32-17-23(30)26-21-12-8-19(9-13-21)18(3)4/h8-15,18H,5-7,16-17H2,1-4H3,(H,26,30). The first-order valence-corrected chi connectivity index (χ1v) is 12.2. The summed E-state index contributed by atoms with van der Waals surface area (Å²) in [7, 11) is 0. The smallest absolute Gasteiger partial charge is 0.234 e. The van der Waals surface area contributed by atoms with Crippen LogP contribution in [0.25, 0.3) is 11.4 Å². The maximum atomic E-state index is 12.4. The van der Waals surface area contributed by atoms with Crippen LogP contribution in [0.1, 0.15) is 52.0 Å². The van der Waals surface area contributed by atoms with Crippen molar-refractivity contribution in [2.24, 2.45) is 0 Å². The highest BCUT2D eigenvalue weighted by molar-refractivity contribution is 7.99. The fraction of sp³-hybridized carbons (Fsp3) is 0.400. The van der Waals surface area contributed by atoms with Gasteiger partial charge in [0.15, 0.2) is 11.0 Å². The number of carbonyl (C=O) groups is 1. The van der Waals surface area contributed by atoms with E-state index in [1.54, 1.807) is 0 Å². The number of thioether (sulfide) groups is 1. The molecule has 0 atom stereocenters. The minimum absolute atomic E-state index is 0.0620. The summed E-state index contributed by atoms with van der Waals surface area (Å²) in [5.74, 6) is 2.33. The fourth-order valence-corrected chi connectivity index (χ4v) is 4.01. The Balaban J connectivity index is 1.60. The second-order valence-corrected chi connectivity index (χ2v) is 8.83. The summed E-state index contributed by atoms with van der Waals surface area (Å²) >= 11 is 1.39. The van der Waals surface area contributed by atoms with E-state index in [0.29, 0.717) is 5.92 Å². The van der Waals surface area contributed by atoms with E-state index in [2.05, 4.69) is 43.2 Å². The number of carbonyl (C=O) groups excluding carboxylic acids is 1. The summed E-state index contributed by atoms with van der Waals surface area (Å²) in [6, 6.07) is 15.9. The molecule has 0 unspecified atom stereocenters. The number of hydrogen-bond acceptors (Lipinski definition) is 5. The van der Waals surface area contributed by atoms with Gasteiger partial charge in [-0.1, -0.05) is 51.1 Å². The van der Waals surface area contributed by atoms with Crippen molar-refractivity contribution in [1.82, 2.24) is 14.8 Å². The molecule has 1 amide bonds. The first-order chi connectivity index (χ1) is 15.5. The summed E-state index contributed by atoms with van der Waals surface area (Å²) in [6.07, 6.45) is 2.16. The molecule has 0 spiro atoms. The normalized spacial score (nSPS) is 11.0. The van der Waals surface area contributed by atoms with Gasteiger partial charge in [0.2, 0.25) is 5.91 Å². The Bertz CT molecular complexity index is 998. The maximum absolute atomic E-state index is 12.4. The van der Waals surface area contributed by atoms with Crippen molar-refractivity contribution < 1.29 is 9.53 Å². The van der Waals surface area contributed by atoms with Crippen molar-refractivity contribution in [3.8, 4) is 17.1 Å². The van der Waals surface area contributed by atoms with Gasteiger partial charge in [0.05, 0.1) is 12.4 Å². The molecule has 3 rings (SSSR count). The van der Waals surface area contributed by atoms with Crippen LogP contribution >= 0.6 is 11.8 Å². The Morgan fingerprint density at radius 2 is 1.78 bits per heavy atom. The number of nitrogens with one attached hydrogen (secondary N) is 1. The number of benzene rings is 2. The highest BCUT2D eigenvalue weighted by atomic mass is 32.2. The van der Waals surface area contributed by atoms with Crippen LogP contribution in [-0.2, 0) is 11.3 Å². The van der Waals surface area contributed by atoms with Crippen LogP contribution < -0.4 is 10.1 Å². The van der Waals surface area contributed by atoms with Crippen molar-refractivity contribution >= 4 is 23.4 Å². The van der Waals surface area contributed by atoms with Gasteiger partial charge in [-0.2, -0.15) is 0 Å². The molecule has 1 N–H and O–H groups in total. The number of aromatic nitrogens is 3. The lowest BCUT2D eigenvalue weighted by atomic mass is 10.0. The van der Waals surface area contributed by atoms with E-state index in [1.165, 1.54) is 17.3 Å². The molecule has 2 aromatic carbocycles. The van der Waals surface area contributed by atoms with E-state index < -0.39 is 0 Å². The molecule has 32 heavy (non-hydrogen) atoms. The predicted molar refractivity (Wildman–Crippen MR) is 131 cm³/mol. The molecule has 0 fully saturated rings. The molecule has 1 heterocycles. The summed E-state index contributed by atoms with van der Waals surface area (Å²) in [6.45, 7) is 9.95. The van der Waals surface area contributed by atoms with Gasteiger partial charge in [0.25, 0.3) is 0 Å². The summed E-state index contributed by atoms with van der Waals surface area (Å²) in [5, 5.41) is 12.4. The van der Waals surface area contributed by atoms with Crippen LogP contribution in [-0.4, -0.2) is 33.0 Å². The Hall–Kier alpha value is -2.80. The van der Waals surface area contributed by atoms with E-state index in [4.69, 9.17) is 4.74 Å². The average molecular weight is 453 g/mol. The molecule has 7 heteroatoms. The number of hydrogen-bond donors (Lipinski definition) is 1. The topological polar surface area (TPSA) is 69.0 Å². The first kappa shape index (κ1) is 23.9. The van der Waals surface area contributed by atoms with Gasteiger partial charge in [-0.3, -0.25) is 4.79 Å². The van der Waals surface area contributed by atoms with Crippen LogP contribution in [0.15, 0.2) is 53.7 Å². The van der Waals surface area contributed by atoms with Crippen molar-refractivity contribution in [3.05, 3.63) is 54.1 Å². The molecule has 170 valence electrons. The van der Waals surface area contributed by atoms with Gasteiger partial charge in [-0.15, -0.1) is 10.2 Å². The zero-order valence-corrected chi connectivity index (χ0v) is 20.1. The lowest BCUT2D eigenvalue weighted by Crippen LogP contribution is -2.14. The van der Waals surface area contributed by atoms with Crippen LogP contribution in [0.4, 0.5) is 5.69 Å². The molecular formula is C25H32N4O2S.